The Morgan fingerprint density at radius 2 is 1.85 bits per heavy atom. The molecule has 6 nitrogen and oxygen atoms in total. The minimum Gasteiger partial charge on any atom is -0.484 e. The molecule has 0 aliphatic carbocycles. The van der Waals surface area contributed by atoms with Crippen LogP contribution < -0.4 is 20.7 Å². The summed E-state index contributed by atoms with van der Waals surface area (Å²) >= 11 is 0. The maximum atomic E-state index is 12.3. The fraction of sp³-hybridized carbons (Fsp3) is 0.529. The minimum absolute atomic E-state index is 0.0606. The third-order valence-electron chi connectivity index (χ3n) is 3.28. The minimum atomic E-state index is -4.42. The number of rotatable bonds is 8. The number of hydrogen-bond acceptors (Lipinski definition) is 3. The van der Waals surface area contributed by atoms with E-state index in [-0.39, 0.29) is 12.3 Å². The fourth-order valence-electron chi connectivity index (χ4n) is 1.94. The van der Waals surface area contributed by atoms with Gasteiger partial charge in [-0.1, -0.05) is 19.1 Å². The SMILES string of the molecule is CCCNC(=O)NC(C)(C)C(=O)NCc1cccc(OCC(F)(F)F)c1. The van der Waals surface area contributed by atoms with Crippen LogP contribution in [0.15, 0.2) is 24.3 Å². The molecule has 3 amide bonds. The van der Waals surface area contributed by atoms with Crippen molar-refractivity contribution in [2.45, 2.75) is 45.5 Å². The molecular weight excluding hydrogens is 351 g/mol. The number of benzene rings is 1. The zero-order valence-corrected chi connectivity index (χ0v) is 15.0. The highest BCUT2D eigenvalue weighted by atomic mass is 19.4. The van der Waals surface area contributed by atoms with E-state index in [2.05, 4.69) is 20.7 Å². The van der Waals surface area contributed by atoms with Crippen LogP contribution in [0.25, 0.3) is 0 Å². The molecule has 0 aromatic heterocycles. The largest absolute Gasteiger partial charge is 0.484 e. The van der Waals surface area contributed by atoms with Gasteiger partial charge in [0.25, 0.3) is 0 Å². The summed E-state index contributed by atoms with van der Waals surface area (Å²) in [7, 11) is 0. The predicted molar refractivity (Wildman–Crippen MR) is 90.7 cm³/mol. The topological polar surface area (TPSA) is 79.5 Å². The third kappa shape index (κ3) is 8.09. The maximum Gasteiger partial charge on any atom is 0.422 e. The number of hydrogen-bond donors (Lipinski definition) is 3. The van der Waals surface area contributed by atoms with Gasteiger partial charge in [-0.15, -0.1) is 0 Å². The van der Waals surface area contributed by atoms with Crippen molar-refractivity contribution in [2.75, 3.05) is 13.2 Å². The molecule has 0 saturated heterocycles. The molecule has 0 heterocycles. The maximum absolute atomic E-state index is 12.3. The van der Waals surface area contributed by atoms with Crippen LogP contribution >= 0.6 is 0 Å². The lowest BCUT2D eigenvalue weighted by atomic mass is 10.0. The Bertz CT molecular complexity index is 619. The molecule has 0 aliphatic rings. The average molecular weight is 375 g/mol. The zero-order chi connectivity index (χ0) is 19.8. The number of urea groups is 1. The van der Waals surface area contributed by atoms with Gasteiger partial charge in [-0.25, -0.2) is 4.79 Å². The standard InChI is InChI=1S/C17H24F3N3O3/c1-4-8-21-15(25)23-16(2,3)14(24)22-10-12-6-5-7-13(9-12)26-11-17(18,19)20/h5-7,9H,4,8,10-11H2,1-3H3,(H,22,24)(H2,21,23,25). The molecule has 0 unspecified atom stereocenters. The monoisotopic (exact) mass is 375 g/mol. The predicted octanol–water partition coefficient (Wildman–Crippen LogP) is 2.73. The highest BCUT2D eigenvalue weighted by molar-refractivity contribution is 5.90. The summed E-state index contributed by atoms with van der Waals surface area (Å²) in [6.45, 7) is 4.21. The van der Waals surface area contributed by atoms with Gasteiger partial charge in [0.05, 0.1) is 0 Å². The van der Waals surface area contributed by atoms with E-state index in [0.29, 0.717) is 12.1 Å². The second kappa shape index (κ2) is 9.30. The van der Waals surface area contributed by atoms with E-state index < -0.39 is 30.3 Å². The first-order valence-corrected chi connectivity index (χ1v) is 8.16. The summed E-state index contributed by atoms with van der Waals surface area (Å²) in [5.74, 6) is -0.365. The Balaban J connectivity index is 2.56. The average Bonchev–Trinajstić information content (AvgIpc) is 2.55. The molecular formula is C17H24F3N3O3. The molecule has 0 atom stereocenters. The van der Waals surface area contributed by atoms with Crippen molar-refractivity contribution in [2.24, 2.45) is 0 Å². The van der Waals surface area contributed by atoms with Crippen LogP contribution in [0.4, 0.5) is 18.0 Å². The summed E-state index contributed by atoms with van der Waals surface area (Å²) < 4.78 is 41.2. The van der Waals surface area contributed by atoms with Crippen molar-refractivity contribution in [3.8, 4) is 5.75 Å². The van der Waals surface area contributed by atoms with Gasteiger partial charge in [0.2, 0.25) is 5.91 Å². The van der Waals surface area contributed by atoms with Crippen molar-refractivity contribution in [1.82, 2.24) is 16.0 Å². The van der Waals surface area contributed by atoms with Crippen LogP contribution in [0, 0.1) is 0 Å². The molecule has 1 rings (SSSR count). The summed E-state index contributed by atoms with van der Waals surface area (Å²) in [6.07, 6.45) is -3.65. The van der Waals surface area contributed by atoms with E-state index in [1.165, 1.54) is 18.2 Å². The van der Waals surface area contributed by atoms with Gasteiger partial charge in [-0.05, 0) is 38.0 Å². The number of carbonyl (C=O) groups excluding carboxylic acids is 2. The van der Waals surface area contributed by atoms with E-state index in [4.69, 9.17) is 0 Å². The van der Waals surface area contributed by atoms with E-state index in [0.717, 1.165) is 6.42 Å². The quantitative estimate of drug-likeness (QED) is 0.654. The number of ether oxygens (including phenoxy) is 1. The van der Waals surface area contributed by atoms with Gasteiger partial charge in [0.15, 0.2) is 6.61 Å². The number of alkyl halides is 3. The molecule has 0 radical (unpaired) electrons. The molecule has 0 bridgehead atoms. The second-order valence-corrected chi connectivity index (χ2v) is 6.24. The van der Waals surface area contributed by atoms with Gasteiger partial charge in [-0.2, -0.15) is 13.2 Å². The summed E-state index contributed by atoms with van der Waals surface area (Å²) in [5.41, 5.74) is -0.577. The van der Waals surface area contributed by atoms with E-state index in [1.54, 1.807) is 19.9 Å². The highest BCUT2D eigenvalue weighted by Gasteiger charge is 2.29. The lowest BCUT2D eigenvalue weighted by Gasteiger charge is -2.25. The van der Waals surface area contributed by atoms with Gasteiger partial charge >= 0.3 is 12.2 Å². The van der Waals surface area contributed by atoms with Gasteiger partial charge in [0.1, 0.15) is 11.3 Å². The van der Waals surface area contributed by atoms with E-state index in [9.17, 15) is 22.8 Å². The number of halogens is 3. The molecule has 1 aromatic carbocycles. The first-order chi connectivity index (χ1) is 12.0. The lowest BCUT2D eigenvalue weighted by molar-refractivity contribution is -0.153. The molecule has 0 fully saturated rings. The molecule has 0 saturated carbocycles. The second-order valence-electron chi connectivity index (χ2n) is 6.24. The molecule has 146 valence electrons. The van der Waals surface area contributed by atoms with Crippen molar-refractivity contribution in [1.29, 1.82) is 0 Å². The summed E-state index contributed by atoms with van der Waals surface area (Å²) in [4.78, 5) is 23.9. The first-order valence-electron chi connectivity index (χ1n) is 8.16. The van der Waals surface area contributed by atoms with Crippen molar-refractivity contribution in [3.05, 3.63) is 29.8 Å². The molecule has 0 spiro atoms. The van der Waals surface area contributed by atoms with Gasteiger partial charge in [0, 0.05) is 13.1 Å². The zero-order valence-electron chi connectivity index (χ0n) is 15.0. The molecule has 9 heteroatoms. The summed E-state index contributed by atoms with van der Waals surface area (Å²) in [5, 5.41) is 7.82. The van der Waals surface area contributed by atoms with Crippen molar-refractivity contribution in [3.63, 3.8) is 0 Å². The van der Waals surface area contributed by atoms with Crippen LogP contribution in [0.3, 0.4) is 0 Å². The van der Waals surface area contributed by atoms with E-state index in [1.807, 2.05) is 6.92 Å². The van der Waals surface area contributed by atoms with Crippen LogP contribution in [0.2, 0.25) is 0 Å². The van der Waals surface area contributed by atoms with Gasteiger partial charge in [-0.3, -0.25) is 4.79 Å². The lowest BCUT2D eigenvalue weighted by Crippen LogP contribution is -2.57. The summed E-state index contributed by atoms with van der Waals surface area (Å²) in [6, 6.07) is 5.56. The Hall–Kier alpha value is -2.45. The smallest absolute Gasteiger partial charge is 0.422 e. The Kier molecular flexibility index (Phi) is 7.73. The number of carbonyl (C=O) groups is 2. The fourth-order valence-corrected chi connectivity index (χ4v) is 1.94. The Morgan fingerprint density at radius 3 is 2.46 bits per heavy atom. The Morgan fingerprint density at radius 1 is 1.15 bits per heavy atom. The molecule has 0 aliphatic heterocycles. The normalized spacial score (nSPS) is 11.6. The van der Waals surface area contributed by atoms with Crippen LogP contribution in [0.5, 0.6) is 5.75 Å². The molecule has 1 aromatic rings. The van der Waals surface area contributed by atoms with Gasteiger partial charge < -0.3 is 20.7 Å². The van der Waals surface area contributed by atoms with Crippen molar-refractivity contribution < 1.29 is 27.5 Å². The van der Waals surface area contributed by atoms with Crippen molar-refractivity contribution >= 4 is 11.9 Å². The van der Waals surface area contributed by atoms with Crippen LogP contribution in [-0.4, -0.2) is 36.8 Å². The van der Waals surface area contributed by atoms with Crippen LogP contribution in [-0.2, 0) is 11.3 Å². The third-order valence-corrected chi connectivity index (χ3v) is 3.28. The van der Waals surface area contributed by atoms with E-state index >= 15 is 0 Å². The number of nitrogens with one attached hydrogen (secondary N) is 3. The Labute approximate surface area is 150 Å². The molecule has 3 N–H and O–H groups in total. The highest BCUT2D eigenvalue weighted by Crippen LogP contribution is 2.19. The number of amides is 3. The molecule has 26 heavy (non-hydrogen) atoms. The first kappa shape index (κ1) is 21.6. The van der Waals surface area contributed by atoms with Crippen LogP contribution in [0.1, 0.15) is 32.8 Å².